The minimum atomic E-state index is 0.426. The van der Waals surface area contributed by atoms with Crippen LogP contribution in [0.1, 0.15) is 25.7 Å². The van der Waals surface area contributed by atoms with E-state index in [2.05, 4.69) is 41.6 Å². The van der Waals surface area contributed by atoms with Gasteiger partial charge in [-0.15, -0.1) is 11.3 Å². The van der Waals surface area contributed by atoms with E-state index in [0.717, 1.165) is 25.7 Å². The molecule has 1 aliphatic carbocycles. The fraction of sp³-hybridized carbons (Fsp3) is 0.400. The maximum absolute atomic E-state index is 11.3. The predicted molar refractivity (Wildman–Crippen MR) is 77.5 cm³/mol. The van der Waals surface area contributed by atoms with E-state index in [4.69, 9.17) is 0 Å². The van der Waals surface area contributed by atoms with Crippen LogP contribution in [0.2, 0.25) is 0 Å². The summed E-state index contributed by atoms with van der Waals surface area (Å²) in [6.45, 7) is 0. The molecule has 1 aliphatic rings. The first-order valence-corrected chi connectivity index (χ1v) is 7.34. The molecule has 0 saturated heterocycles. The van der Waals surface area contributed by atoms with Gasteiger partial charge in [-0.1, -0.05) is 18.2 Å². The molecule has 0 N–H and O–H groups in total. The average molecular weight is 259 g/mol. The first-order valence-electron chi connectivity index (χ1n) is 6.46. The van der Waals surface area contributed by atoms with Crippen LogP contribution in [0.4, 0.5) is 5.69 Å². The Morgan fingerprint density at radius 3 is 2.72 bits per heavy atom. The van der Waals surface area contributed by atoms with Crippen molar-refractivity contribution in [1.82, 2.24) is 0 Å². The third-order valence-corrected chi connectivity index (χ3v) is 4.85. The van der Waals surface area contributed by atoms with Gasteiger partial charge in [0, 0.05) is 41.4 Å². The molecule has 0 bridgehead atoms. The Hall–Kier alpha value is -1.35. The van der Waals surface area contributed by atoms with Crippen molar-refractivity contribution in [3.8, 4) is 0 Å². The van der Waals surface area contributed by atoms with Crippen LogP contribution < -0.4 is 4.90 Å². The van der Waals surface area contributed by atoms with Gasteiger partial charge in [0.2, 0.25) is 0 Å². The van der Waals surface area contributed by atoms with Crippen LogP contribution in [0, 0.1) is 0 Å². The van der Waals surface area contributed by atoms with Crippen LogP contribution in [-0.2, 0) is 4.79 Å². The van der Waals surface area contributed by atoms with Crippen molar-refractivity contribution < 1.29 is 4.79 Å². The van der Waals surface area contributed by atoms with Crippen molar-refractivity contribution in [3.05, 3.63) is 29.6 Å². The molecular weight excluding hydrogens is 242 g/mol. The molecule has 1 fully saturated rings. The summed E-state index contributed by atoms with van der Waals surface area (Å²) in [4.78, 5) is 13.7. The molecule has 1 heterocycles. The Labute approximate surface area is 111 Å². The molecule has 3 heteroatoms. The van der Waals surface area contributed by atoms with Gasteiger partial charge in [-0.3, -0.25) is 4.79 Å². The van der Waals surface area contributed by atoms with E-state index < -0.39 is 0 Å². The molecule has 0 atom stereocenters. The van der Waals surface area contributed by atoms with Crippen molar-refractivity contribution >= 4 is 32.9 Å². The van der Waals surface area contributed by atoms with Gasteiger partial charge in [0.15, 0.2) is 0 Å². The number of rotatable bonds is 2. The zero-order valence-electron chi connectivity index (χ0n) is 10.6. The minimum absolute atomic E-state index is 0.426. The van der Waals surface area contributed by atoms with Crippen molar-refractivity contribution in [3.63, 3.8) is 0 Å². The number of nitrogens with zero attached hydrogens (tertiary/aromatic N) is 1. The highest BCUT2D eigenvalue weighted by Gasteiger charge is 2.23. The fourth-order valence-electron chi connectivity index (χ4n) is 2.75. The normalized spacial score (nSPS) is 17.3. The van der Waals surface area contributed by atoms with Gasteiger partial charge in [-0.2, -0.15) is 0 Å². The molecule has 94 valence electrons. The number of hydrogen-bond acceptors (Lipinski definition) is 3. The molecule has 1 aromatic carbocycles. The Kier molecular flexibility index (Phi) is 3.08. The van der Waals surface area contributed by atoms with E-state index in [9.17, 15) is 4.79 Å². The van der Waals surface area contributed by atoms with Crippen LogP contribution in [0.5, 0.6) is 0 Å². The average Bonchev–Trinajstić information content (AvgIpc) is 2.82. The highest BCUT2D eigenvalue weighted by Crippen LogP contribution is 2.35. The van der Waals surface area contributed by atoms with Gasteiger partial charge in [-0.05, 0) is 18.9 Å². The van der Waals surface area contributed by atoms with Gasteiger partial charge in [-0.25, -0.2) is 0 Å². The molecular formula is C15H17NOS. The molecule has 1 aromatic heterocycles. The molecule has 2 aromatic rings. The predicted octanol–water partition coefficient (Wildman–Crippen LogP) is 3.85. The lowest BCUT2D eigenvalue weighted by atomic mass is 9.93. The number of thiophene rings is 1. The van der Waals surface area contributed by atoms with Gasteiger partial charge in [0.25, 0.3) is 0 Å². The smallest absolute Gasteiger partial charge is 0.133 e. The van der Waals surface area contributed by atoms with E-state index in [0.29, 0.717) is 11.8 Å². The van der Waals surface area contributed by atoms with Crippen molar-refractivity contribution in [1.29, 1.82) is 0 Å². The van der Waals surface area contributed by atoms with Crippen molar-refractivity contribution in [2.45, 2.75) is 31.7 Å². The molecule has 0 amide bonds. The number of ketones is 1. The number of benzene rings is 1. The SMILES string of the molecule is CN(c1csc2ccccc12)C1CCC(=O)CC1. The number of Topliss-reactive ketones (excluding diaryl/α,β-unsaturated/α-hetero) is 1. The van der Waals surface area contributed by atoms with Gasteiger partial charge >= 0.3 is 0 Å². The van der Waals surface area contributed by atoms with Crippen LogP contribution in [0.25, 0.3) is 10.1 Å². The zero-order valence-corrected chi connectivity index (χ0v) is 11.4. The van der Waals surface area contributed by atoms with E-state index in [1.54, 1.807) is 11.3 Å². The van der Waals surface area contributed by atoms with Crippen LogP contribution in [-0.4, -0.2) is 18.9 Å². The lowest BCUT2D eigenvalue weighted by Crippen LogP contribution is -2.35. The summed E-state index contributed by atoms with van der Waals surface area (Å²) < 4.78 is 1.34. The number of fused-ring (bicyclic) bond motifs is 1. The third-order valence-electron chi connectivity index (χ3n) is 3.90. The molecule has 3 rings (SSSR count). The van der Waals surface area contributed by atoms with Crippen LogP contribution in [0.15, 0.2) is 29.6 Å². The monoisotopic (exact) mass is 259 g/mol. The maximum atomic E-state index is 11.3. The Morgan fingerprint density at radius 1 is 1.22 bits per heavy atom. The number of carbonyl (C=O) groups excluding carboxylic acids is 1. The number of carbonyl (C=O) groups is 1. The fourth-order valence-corrected chi connectivity index (χ4v) is 3.73. The summed E-state index contributed by atoms with van der Waals surface area (Å²) >= 11 is 1.80. The summed E-state index contributed by atoms with van der Waals surface area (Å²) in [5.41, 5.74) is 1.31. The van der Waals surface area contributed by atoms with Crippen molar-refractivity contribution in [2.75, 3.05) is 11.9 Å². The molecule has 1 saturated carbocycles. The standard InChI is InChI=1S/C15H17NOS/c1-16(11-6-8-12(17)9-7-11)14-10-18-15-5-3-2-4-13(14)15/h2-5,10-11H,6-9H2,1H3. The van der Waals surface area contributed by atoms with Crippen LogP contribution >= 0.6 is 11.3 Å². The molecule has 0 radical (unpaired) electrons. The molecule has 0 aliphatic heterocycles. The lowest BCUT2D eigenvalue weighted by molar-refractivity contribution is -0.120. The Morgan fingerprint density at radius 2 is 1.94 bits per heavy atom. The molecule has 0 spiro atoms. The van der Waals surface area contributed by atoms with E-state index in [1.165, 1.54) is 15.8 Å². The van der Waals surface area contributed by atoms with E-state index in [1.807, 2.05) is 0 Å². The maximum Gasteiger partial charge on any atom is 0.133 e. The molecule has 0 unspecified atom stereocenters. The molecule has 2 nitrogen and oxygen atoms in total. The van der Waals surface area contributed by atoms with Gasteiger partial charge in [0.05, 0.1) is 5.69 Å². The number of hydrogen-bond donors (Lipinski definition) is 0. The molecule has 18 heavy (non-hydrogen) atoms. The Bertz CT molecular complexity index is 565. The second-order valence-electron chi connectivity index (χ2n) is 5.00. The van der Waals surface area contributed by atoms with Gasteiger partial charge in [0.1, 0.15) is 5.78 Å². The highest BCUT2D eigenvalue weighted by atomic mass is 32.1. The van der Waals surface area contributed by atoms with Gasteiger partial charge < -0.3 is 4.90 Å². The first kappa shape index (κ1) is 11.7. The quantitative estimate of drug-likeness (QED) is 0.816. The Balaban J connectivity index is 1.87. The topological polar surface area (TPSA) is 20.3 Å². The second kappa shape index (κ2) is 4.73. The highest BCUT2D eigenvalue weighted by molar-refractivity contribution is 7.17. The van der Waals surface area contributed by atoms with E-state index >= 15 is 0 Å². The minimum Gasteiger partial charge on any atom is -0.370 e. The van der Waals surface area contributed by atoms with Crippen LogP contribution in [0.3, 0.4) is 0 Å². The summed E-state index contributed by atoms with van der Waals surface area (Å²) in [5, 5.41) is 3.57. The summed E-state index contributed by atoms with van der Waals surface area (Å²) in [6, 6.07) is 9.05. The largest absolute Gasteiger partial charge is 0.370 e. The van der Waals surface area contributed by atoms with E-state index in [-0.39, 0.29) is 0 Å². The lowest BCUT2D eigenvalue weighted by Gasteiger charge is -2.32. The summed E-state index contributed by atoms with van der Waals surface area (Å²) in [5.74, 6) is 0.426. The van der Waals surface area contributed by atoms with Crippen molar-refractivity contribution in [2.24, 2.45) is 0 Å². The first-order chi connectivity index (χ1) is 8.75. The third kappa shape index (κ3) is 2.03. The zero-order chi connectivity index (χ0) is 12.5. The number of anilines is 1. The second-order valence-corrected chi connectivity index (χ2v) is 5.91. The summed E-state index contributed by atoms with van der Waals surface area (Å²) in [7, 11) is 2.16. The summed E-state index contributed by atoms with van der Waals surface area (Å²) in [6.07, 6.45) is 3.49.